The summed E-state index contributed by atoms with van der Waals surface area (Å²) in [7, 11) is 1.58. The van der Waals surface area contributed by atoms with Crippen LogP contribution in [0.4, 0.5) is 0 Å². The van der Waals surface area contributed by atoms with E-state index in [4.69, 9.17) is 9.47 Å². The first-order chi connectivity index (χ1) is 8.79. The molecule has 0 radical (unpaired) electrons. The Morgan fingerprint density at radius 2 is 2.00 bits per heavy atom. The molecule has 0 bridgehead atoms. The first kappa shape index (κ1) is 11.0. The maximum absolute atomic E-state index is 9.78. The maximum atomic E-state index is 9.78. The van der Waals surface area contributed by atoms with Crippen LogP contribution >= 0.6 is 0 Å². The highest BCUT2D eigenvalue weighted by Gasteiger charge is 2.19. The summed E-state index contributed by atoms with van der Waals surface area (Å²) < 4.78 is 11.1. The van der Waals surface area contributed by atoms with Crippen LogP contribution in [0.15, 0.2) is 36.4 Å². The second-order valence-electron chi connectivity index (χ2n) is 4.28. The van der Waals surface area contributed by atoms with Crippen molar-refractivity contribution in [2.75, 3.05) is 13.7 Å². The highest BCUT2D eigenvalue weighted by Crippen LogP contribution is 2.43. The Balaban J connectivity index is 2.29. The first-order valence-corrected chi connectivity index (χ1v) is 5.91. The van der Waals surface area contributed by atoms with Crippen LogP contribution in [0, 0.1) is 0 Å². The molecule has 3 rings (SSSR count). The molecule has 0 spiro atoms. The van der Waals surface area contributed by atoms with Crippen molar-refractivity contribution in [3.63, 3.8) is 0 Å². The molecule has 1 heterocycles. The molecule has 1 N–H and O–H groups in total. The smallest absolute Gasteiger partial charge is 0.169 e. The molecule has 0 fully saturated rings. The van der Waals surface area contributed by atoms with Crippen molar-refractivity contribution >= 4 is 0 Å². The summed E-state index contributed by atoms with van der Waals surface area (Å²) in [5.41, 5.74) is 3.21. The van der Waals surface area contributed by atoms with Gasteiger partial charge in [0.1, 0.15) is 5.75 Å². The molecule has 0 saturated carbocycles. The van der Waals surface area contributed by atoms with E-state index in [2.05, 4.69) is 6.07 Å². The van der Waals surface area contributed by atoms with Gasteiger partial charge in [0.05, 0.1) is 13.7 Å². The number of phenolic OH excluding ortho intramolecular Hbond substituents is 1. The van der Waals surface area contributed by atoms with Gasteiger partial charge in [0.2, 0.25) is 0 Å². The van der Waals surface area contributed by atoms with Gasteiger partial charge in [-0.1, -0.05) is 24.3 Å². The van der Waals surface area contributed by atoms with E-state index in [0.717, 1.165) is 17.5 Å². The van der Waals surface area contributed by atoms with Crippen molar-refractivity contribution in [2.24, 2.45) is 0 Å². The van der Waals surface area contributed by atoms with Gasteiger partial charge >= 0.3 is 0 Å². The van der Waals surface area contributed by atoms with E-state index in [1.165, 1.54) is 5.56 Å². The lowest BCUT2D eigenvalue weighted by atomic mass is 9.97. The fourth-order valence-corrected chi connectivity index (χ4v) is 2.35. The number of hydrogen-bond donors (Lipinski definition) is 1. The van der Waals surface area contributed by atoms with E-state index >= 15 is 0 Å². The Hall–Kier alpha value is -2.16. The average Bonchev–Trinajstić information content (AvgIpc) is 2.57. The van der Waals surface area contributed by atoms with E-state index in [0.29, 0.717) is 18.1 Å². The minimum atomic E-state index is 0.186. The van der Waals surface area contributed by atoms with Gasteiger partial charge in [0, 0.05) is 18.1 Å². The molecule has 3 heteroatoms. The Morgan fingerprint density at radius 1 is 1.17 bits per heavy atom. The number of phenols is 1. The second-order valence-corrected chi connectivity index (χ2v) is 4.28. The Bertz CT molecular complexity index is 590. The lowest BCUT2D eigenvalue weighted by molar-refractivity contribution is 0.300. The third-order valence-corrected chi connectivity index (χ3v) is 3.18. The highest BCUT2D eigenvalue weighted by molar-refractivity contribution is 5.78. The first-order valence-electron chi connectivity index (χ1n) is 5.91. The van der Waals surface area contributed by atoms with Crippen LogP contribution in [-0.2, 0) is 6.42 Å². The average molecular weight is 242 g/mol. The van der Waals surface area contributed by atoms with Crippen LogP contribution in [0.2, 0.25) is 0 Å². The van der Waals surface area contributed by atoms with E-state index in [1.54, 1.807) is 19.2 Å². The van der Waals surface area contributed by atoms with Crippen molar-refractivity contribution in [1.29, 1.82) is 0 Å². The van der Waals surface area contributed by atoms with Crippen LogP contribution in [0.5, 0.6) is 17.2 Å². The van der Waals surface area contributed by atoms with Gasteiger partial charge in [0.15, 0.2) is 11.5 Å². The number of rotatable bonds is 1. The molecule has 92 valence electrons. The summed E-state index contributed by atoms with van der Waals surface area (Å²) in [6, 6.07) is 11.4. The molecule has 18 heavy (non-hydrogen) atoms. The van der Waals surface area contributed by atoms with Gasteiger partial charge in [-0.05, 0) is 17.2 Å². The third-order valence-electron chi connectivity index (χ3n) is 3.18. The lowest BCUT2D eigenvalue weighted by Gasteiger charge is -2.13. The zero-order valence-corrected chi connectivity index (χ0v) is 10.1. The van der Waals surface area contributed by atoms with E-state index in [1.807, 2.05) is 18.2 Å². The van der Waals surface area contributed by atoms with E-state index in [-0.39, 0.29) is 5.75 Å². The summed E-state index contributed by atoms with van der Waals surface area (Å²) in [4.78, 5) is 0. The van der Waals surface area contributed by atoms with Crippen LogP contribution < -0.4 is 9.47 Å². The van der Waals surface area contributed by atoms with Crippen LogP contribution in [0.25, 0.3) is 11.1 Å². The Kier molecular flexibility index (Phi) is 2.59. The van der Waals surface area contributed by atoms with Gasteiger partial charge in [0.25, 0.3) is 0 Å². The molecular weight excluding hydrogens is 228 g/mol. The quantitative estimate of drug-likeness (QED) is 0.835. The van der Waals surface area contributed by atoms with Crippen molar-refractivity contribution in [1.82, 2.24) is 0 Å². The molecule has 1 aliphatic heterocycles. The van der Waals surface area contributed by atoms with Gasteiger partial charge < -0.3 is 14.6 Å². The van der Waals surface area contributed by atoms with Gasteiger partial charge in [-0.3, -0.25) is 0 Å². The monoisotopic (exact) mass is 242 g/mol. The van der Waals surface area contributed by atoms with Gasteiger partial charge in [-0.25, -0.2) is 0 Å². The number of methoxy groups -OCH3 is 1. The predicted molar refractivity (Wildman–Crippen MR) is 69.3 cm³/mol. The second kappa shape index (κ2) is 4.26. The van der Waals surface area contributed by atoms with Gasteiger partial charge in [-0.15, -0.1) is 0 Å². The summed E-state index contributed by atoms with van der Waals surface area (Å²) in [6.07, 6.45) is 0.856. The zero-order valence-electron chi connectivity index (χ0n) is 10.1. The topological polar surface area (TPSA) is 38.7 Å². The summed E-state index contributed by atoms with van der Waals surface area (Å²) in [6.45, 7) is 0.616. The molecule has 0 amide bonds. The number of ether oxygens (including phenoxy) is 2. The predicted octanol–water partition coefficient (Wildman–Crippen LogP) is 3.00. The Labute approximate surface area is 106 Å². The van der Waals surface area contributed by atoms with Crippen LogP contribution in [-0.4, -0.2) is 18.8 Å². The minimum Gasteiger partial charge on any atom is -0.508 e. The molecule has 1 aliphatic rings. The lowest BCUT2D eigenvalue weighted by Crippen LogP contribution is -1.99. The van der Waals surface area contributed by atoms with E-state index < -0.39 is 0 Å². The van der Waals surface area contributed by atoms with E-state index in [9.17, 15) is 5.11 Å². The molecule has 0 saturated heterocycles. The van der Waals surface area contributed by atoms with Gasteiger partial charge in [-0.2, -0.15) is 0 Å². The maximum Gasteiger partial charge on any atom is 0.169 e. The van der Waals surface area contributed by atoms with Crippen molar-refractivity contribution in [3.05, 3.63) is 42.0 Å². The van der Waals surface area contributed by atoms with Crippen molar-refractivity contribution in [3.8, 4) is 28.4 Å². The summed E-state index contributed by atoms with van der Waals surface area (Å²) >= 11 is 0. The fraction of sp³-hybridized carbons (Fsp3) is 0.200. The zero-order chi connectivity index (χ0) is 12.5. The third kappa shape index (κ3) is 1.68. The molecule has 0 aliphatic carbocycles. The molecular formula is C15H14O3. The fourth-order valence-electron chi connectivity index (χ4n) is 2.35. The molecule has 0 unspecified atom stereocenters. The number of benzene rings is 2. The van der Waals surface area contributed by atoms with Crippen molar-refractivity contribution < 1.29 is 14.6 Å². The summed E-state index contributed by atoms with van der Waals surface area (Å²) in [5, 5.41) is 9.78. The molecule has 3 nitrogen and oxygen atoms in total. The van der Waals surface area contributed by atoms with Crippen LogP contribution in [0.3, 0.4) is 0 Å². The summed E-state index contributed by atoms with van der Waals surface area (Å²) in [5.74, 6) is 1.47. The molecule has 2 aromatic rings. The number of aromatic hydroxyl groups is 1. The van der Waals surface area contributed by atoms with Crippen molar-refractivity contribution in [2.45, 2.75) is 6.42 Å². The Morgan fingerprint density at radius 3 is 2.83 bits per heavy atom. The standard InChI is InChI=1S/C15H14O3/c1-17-14-9-11(16)8-13-12-5-3-2-4-10(12)6-7-18-15(13)14/h2-5,8-9,16H,6-7H2,1H3. The number of fused-ring (bicyclic) bond motifs is 3. The SMILES string of the molecule is COc1cc(O)cc2c1OCCc1ccccc1-2. The number of hydrogen-bond acceptors (Lipinski definition) is 3. The normalized spacial score (nSPS) is 12.9. The minimum absolute atomic E-state index is 0.186. The largest absolute Gasteiger partial charge is 0.508 e. The van der Waals surface area contributed by atoms with Crippen LogP contribution in [0.1, 0.15) is 5.56 Å². The molecule has 2 aromatic carbocycles. The molecule has 0 atom stereocenters. The highest BCUT2D eigenvalue weighted by atomic mass is 16.5. The molecule has 0 aromatic heterocycles.